The number of aliphatic imine (C=N–C) groups is 1. The molecule has 6 nitrogen and oxygen atoms in total. The lowest BCUT2D eigenvalue weighted by atomic mass is 9.94. The van der Waals surface area contributed by atoms with E-state index in [4.69, 9.17) is 9.47 Å². The molecule has 0 spiro atoms. The molecule has 1 aliphatic heterocycles. The van der Waals surface area contributed by atoms with Crippen molar-refractivity contribution in [3.05, 3.63) is 24.3 Å². The van der Waals surface area contributed by atoms with Crippen LogP contribution in [0, 0.1) is 5.92 Å². The lowest BCUT2D eigenvalue weighted by molar-refractivity contribution is 0.213. The molecular weight excluding hydrogens is 443 g/mol. The van der Waals surface area contributed by atoms with Gasteiger partial charge >= 0.3 is 0 Å². The first-order valence-corrected chi connectivity index (χ1v) is 9.11. The summed E-state index contributed by atoms with van der Waals surface area (Å²) in [6, 6.07) is 7.61. The number of halogens is 1. The van der Waals surface area contributed by atoms with Gasteiger partial charge in [-0.05, 0) is 69.6 Å². The Morgan fingerprint density at radius 1 is 1.12 bits per heavy atom. The van der Waals surface area contributed by atoms with Crippen molar-refractivity contribution in [2.75, 3.05) is 54.0 Å². The van der Waals surface area contributed by atoms with Crippen molar-refractivity contribution >= 4 is 29.9 Å². The molecule has 0 aliphatic carbocycles. The second-order valence-electron chi connectivity index (χ2n) is 6.49. The molecule has 148 valence electrons. The molecule has 2 rings (SSSR count). The van der Waals surface area contributed by atoms with Crippen molar-refractivity contribution < 1.29 is 9.47 Å². The molecule has 0 bridgehead atoms. The first kappa shape index (κ1) is 22.8. The molecule has 1 aromatic carbocycles. The number of piperidine rings is 1. The van der Waals surface area contributed by atoms with Crippen molar-refractivity contribution in [1.82, 2.24) is 15.5 Å². The highest BCUT2D eigenvalue weighted by Gasteiger charge is 2.16. The van der Waals surface area contributed by atoms with Gasteiger partial charge in [0.15, 0.2) is 5.96 Å². The van der Waals surface area contributed by atoms with Crippen LogP contribution in [0.15, 0.2) is 29.3 Å². The van der Waals surface area contributed by atoms with Gasteiger partial charge in [0.25, 0.3) is 0 Å². The van der Waals surface area contributed by atoms with Crippen molar-refractivity contribution in [2.24, 2.45) is 10.9 Å². The summed E-state index contributed by atoms with van der Waals surface area (Å²) >= 11 is 0. The number of hydrogen-bond acceptors (Lipinski definition) is 4. The molecule has 1 aliphatic rings. The SMILES string of the molecule is CN=C(NCCOc1ccc(OC)cc1)NCCC1CCN(C)CC1.I. The molecule has 0 aromatic heterocycles. The largest absolute Gasteiger partial charge is 0.497 e. The van der Waals surface area contributed by atoms with E-state index < -0.39 is 0 Å². The number of likely N-dealkylation sites (tertiary alicyclic amines) is 1. The van der Waals surface area contributed by atoms with Gasteiger partial charge in [0.05, 0.1) is 13.7 Å². The van der Waals surface area contributed by atoms with Crippen molar-refractivity contribution in [2.45, 2.75) is 19.3 Å². The Morgan fingerprint density at radius 3 is 2.35 bits per heavy atom. The van der Waals surface area contributed by atoms with E-state index in [9.17, 15) is 0 Å². The normalized spacial score (nSPS) is 15.9. The van der Waals surface area contributed by atoms with Gasteiger partial charge in [0, 0.05) is 13.6 Å². The van der Waals surface area contributed by atoms with Gasteiger partial charge in [-0.3, -0.25) is 4.99 Å². The molecule has 1 fully saturated rings. The van der Waals surface area contributed by atoms with E-state index in [1.807, 2.05) is 24.3 Å². The summed E-state index contributed by atoms with van der Waals surface area (Å²) in [6.07, 6.45) is 3.82. The zero-order valence-corrected chi connectivity index (χ0v) is 18.5. The van der Waals surface area contributed by atoms with Crippen LogP contribution >= 0.6 is 24.0 Å². The Bertz CT molecular complexity index is 517. The first-order chi connectivity index (χ1) is 12.2. The summed E-state index contributed by atoms with van der Waals surface area (Å²) in [5.74, 6) is 3.35. The smallest absolute Gasteiger partial charge is 0.191 e. The number of guanidine groups is 1. The number of nitrogens with zero attached hydrogens (tertiary/aromatic N) is 2. The Hall–Kier alpha value is -1.22. The summed E-state index contributed by atoms with van der Waals surface area (Å²) < 4.78 is 10.8. The van der Waals surface area contributed by atoms with E-state index in [0.29, 0.717) is 13.2 Å². The summed E-state index contributed by atoms with van der Waals surface area (Å²) in [6.45, 7) is 4.70. The van der Waals surface area contributed by atoms with E-state index >= 15 is 0 Å². The second kappa shape index (κ2) is 13.0. The van der Waals surface area contributed by atoms with Crippen molar-refractivity contribution in [3.63, 3.8) is 0 Å². The fraction of sp³-hybridized carbons (Fsp3) is 0.632. The number of ether oxygens (including phenoxy) is 2. The minimum absolute atomic E-state index is 0. The fourth-order valence-electron chi connectivity index (χ4n) is 2.98. The van der Waals surface area contributed by atoms with E-state index in [1.165, 1.54) is 32.4 Å². The standard InChI is InChI=1S/C19H32N4O2.HI/c1-20-19(21-11-8-16-9-13-23(2)14-10-16)22-12-15-25-18-6-4-17(24-3)5-7-18;/h4-7,16H,8-15H2,1-3H3,(H2,20,21,22);1H. The molecule has 2 N–H and O–H groups in total. The van der Waals surface area contributed by atoms with E-state index in [-0.39, 0.29) is 24.0 Å². The maximum absolute atomic E-state index is 5.70. The number of hydrogen-bond donors (Lipinski definition) is 2. The number of methoxy groups -OCH3 is 1. The van der Waals surface area contributed by atoms with Gasteiger partial charge in [0.2, 0.25) is 0 Å². The highest BCUT2D eigenvalue weighted by molar-refractivity contribution is 14.0. The van der Waals surface area contributed by atoms with Crippen molar-refractivity contribution in [1.29, 1.82) is 0 Å². The number of benzene rings is 1. The fourth-order valence-corrected chi connectivity index (χ4v) is 2.98. The van der Waals surface area contributed by atoms with Crippen LogP contribution in [-0.4, -0.2) is 64.9 Å². The van der Waals surface area contributed by atoms with Gasteiger partial charge in [-0.15, -0.1) is 24.0 Å². The Morgan fingerprint density at radius 2 is 1.73 bits per heavy atom. The van der Waals surface area contributed by atoms with Crippen LogP contribution in [0.4, 0.5) is 0 Å². The monoisotopic (exact) mass is 476 g/mol. The summed E-state index contributed by atoms with van der Waals surface area (Å²) in [5, 5.41) is 6.68. The Labute approximate surface area is 174 Å². The van der Waals surface area contributed by atoms with Crippen molar-refractivity contribution in [3.8, 4) is 11.5 Å². The third kappa shape index (κ3) is 8.44. The van der Waals surface area contributed by atoms with Crippen LogP contribution in [0.25, 0.3) is 0 Å². The van der Waals surface area contributed by atoms with Gasteiger partial charge in [0.1, 0.15) is 18.1 Å². The van der Waals surface area contributed by atoms with Crippen LogP contribution in [0.5, 0.6) is 11.5 Å². The number of rotatable bonds is 8. The van der Waals surface area contributed by atoms with E-state index in [0.717, 1.165) is 29.9 Å². The van der Waals surface area contributed by atoms with E-state index in [1.54, 1.807) is 14.2 Å². The third-order valence-electron chi connectivity index (χ3n) is 4.63. The maximum atomic E-state index is 5.70. The quantitative estimate of drug-likeness (QED) is 0.262. The van der Waals surface area contributed by atoms with Gasteiger partial charge < -0.3 is 25.0 Å². The average Bonchev–Trinajstić information content (AvgIpc) is 2.65. The predicted octanol–water partition coefficient (Wildman–Crippen LogP) is 2.59. The van der Waals surface area contributed by atoms with Crippen LogP contribution in [0.3, 0.4) is 0 Å². The molecule has 26 heavy (non-hydrogen) atoms. The Kier molecular flexibility index (Phi) is 11.4. The minimum Gasteiger partial charge on any atom is -0.497 e. The predicted molar refractivity (Wildman–Crippen MR) is 118 cm³/mol. The molecule has 1 heterocycles. The zero-order valence-electron chi connectivity index (χ0n) is 16.2. The molecule has 7 heteroatoms. The second-order valence-corrected chi connectivity index (χ2v) is 6.49. The van der Waals surface area contributed by atoms with E-state index in [2.05, 4.69) is 27.6 Å². The first-order valence-electron chi connectivity index (χ1n) is 9.11. The summed E-state index contributed by atoms with van der Waals surface area (Å²) in [4.78, 5) is 6.67. The van der Waals surface area contributed by atoms with Crippen LogP contribution in [0.2, 0.25) is 0 Å². The molecule has 1 saturated heterocycles. The molecule has 0 atom stereocenters. The van der Waals surface area contributed by atoms with Crippen LogP contribution in [-0.2, 0) is 0 Å². The summed E-state index contributed by atoms with van der Waals surface area (Å²) in [7, 11) is 5.66. The molecule has 0 amide bonds. The van der Waals surface area contributed by atoms with Gasteiger partial charge in [-0.25, -0.2) is 0 Å². The molecular formula is C19H33IN4O2. The topological polar surface area (TPSA) is 58.1 Å². The average molecular weight is 476 g/mol. The lowest BCUT2D eigenvalue weighted by Gasteiger charge is -2.29. The molecule has 0 radical (unpaired) electrons. The number of nitrogens with one attached hydrogen (secondary N) is 2. The lowest BCUT2D eigenvalue weighted by Crippen LogP contribution is -2.40. The zero-order chi connectivity index (χ0) is 17.9. The summed E-state index contributed by atoms with van der Waals surface area (Å²) in [5.41, 5.74) is 0. The highest BCUT2D eigenvalue weighted by atomic mass is 127. The van der Waals surface area contributed by atoms with Crippen LogP contribution in [0.1, 0.15) is 19.3 Å². The van der Waals surface area contributed by atoms with Gasteiger partial charge in [-0.1, -0.05) is 0 Å². The third-order valence-corrected chi connectivity index (χ3v) is 4.63. The molecule has 0 unspecified atom stereocenters. The molecule has 0 saturated carbocycles. The van der Waals surface area contributed by atoms with Gasteiger partial charge in [-0.2, -0.15) is 0 Å². The van der Waals surface area contributed by atoms with Crippen LogP contribution < -0.4 is 20.1 Å². The Balaban J connectivity index is 0.00000338. The highest BCUT2D eigenvalue weighted by Crippen LogP contribution is 2.18. The maximum Gasteiger partial charge on any atom is 0.191 e. The molecule has 1 aromatic rings. The minimum atomic E-state index is 0.